The molecule has 1 aromatic heterocycles. The first-order valence-electron chi connectivity index (χ1n) is 19.5. The van der Waals surface area contributed by atoms with Crippen LogP contribution in [0.15, 0.2) is 210 Å². The zero-order valence-corrected chi connectivity index (χ0v) is 32.1. The predicted octanol–water partition coefficient (Wildman–Crippen LogP) is 13.5. The number of nitriles is 1. The van der Waals surface area contributed by atoms with Crippen LogP contribution in [0.1, 0.15) is 27.8 Å². The SMILES string of the molecule is N#Cc1ccc(-c2ccc(-c3cccc4c3-c3ccc(-c5nc(-c6ccccc6)cc(-c6ccccc6)n5)cc3C43c4ccccc4Sc4ccccc43)cc2)cc1. The van der Waals surface area contributed by atoms with E-state index in [0.29, 0.717) is 11.4 Å². The third-order valence-electron chi connectivity index (χ3n) is 11.6. The summed E-state index contributed by atoms with van der Waals surface area (Å²) in [6.07, 6.45) is 0. The first-order chi connectivity index (χ1) is 28.7. The van der Waals surface area contributed by atoms with E-state index >= 15 is 0 Å². The Morgan fingerprint density at radius 3 is 1.52 bits per heavy atom. The van der Waals surface area contributed by atoms with Gasteiger partial charge in [-0.2, -0.15) is 5.26 Å². The maximum atomic E-state index is 9.33. The third kappa shape index (κ3) is 5.36. The third-order valence-corrected chi connectivity index (χ3v) is 12.8. The molecule has 58 heavy (non-hydrogen) atoms. The second kappa shape index (κ2) is 13.7. The van der Waals surface area contributed by atoms with E-state index in [1.807, 2.05) is 48.2 Å². The van der Waals surface area contributed by atoms with E-state index in [4.69, 9.17) is 9.97 Å². The van der Waals surface area contributed by atoms with Crippen LogP contribution in [0, 0.1) is 11.3 Å². The molecule has 0 radical (unpaired) electrons. The quantitative estimate of drug-likeness (QED) is 0.175. The largest absolute Gasteiger partial charge is 0.228 e. The van der Waals surface area contributed by atoms with E-state index in [2.05, 4.69) is 170 Å². The Bertz CT molecular complexity index is 2970. The molecule has 2 aliphatic rings. The van der Waals surface area contributed by atoms with Gasteiger partial charge in [0.1, 0.15) is 0 Å². The Balaban J connectivity index is 1.16. The van der Waals surface area contributed by atoms with Crippen molar-refractivity contribution in [1.29, 1.82) is 5.26 Å². The molecular weight excluding hydrogens is 723 g/mol. The van der Waals surface area contributed by atoms with Crippen molar-refractivity contribution in [3.05, 3.63) is 228 Å². The van der Waals surface area contributed by atoms with Gasteiger partial charge in [0.15, 0.2) is 5.82 Å². The van der Waals surface area contributed by atoms with Crippen molar-refractivity contribution >= 4 is 11.8 Å². The van der Waals surface area contributed by atoms with E-state index in [1.54, 1.807) is 0 Å². The van der Waals surface area contributed by atoms with E-state index in [0.717, 1.165) is 44.8 Å². The molecule has 0 saturated carbocycles. The van der Waals surface area contributed by atoms with Crippen molar-refractivity contribution in [3.63, 3.8) is 0 Å². The molecule has 1 aliphatic heterocycles. The lowest BCUT2D eigenvalue weighted by Gasteiger charge is -2.39. The second-order valence-electron chi connectivity index (χ2n) is 14.8. The standard InChI is InChI=1S/C54H33N3S/c55-34-35-22-24-36(25-23-35)37-26-28-38(29-27-37)42-16-11-19-46-52(42)43-31-30-41(32-47(43)54(46)44-17-7-9-20-50(44)58-51-21-10-8-18-45(51)54)53-56-48(39-12-3-1-4-13-39)33-49(57-53)40-14-5-2-6-15-40/h1-33H. The number of hydrogen-bond donors (Lipinski definition) is 0. The number of aromatic nitrogens is 2. The fourth-order valence-electron chi connectivity index (χ4n) is 9.00. The number of benzene rings is 8. The lowest BCUT2D eigenvalue weighted by molar-refractivity contribution is 0.722. The molecule has 0 N–H and O–H groups in total. The van der Waals surface area contributed by atoms with Gasteiger partial charge in [0.2, 0.25) is 0 Å². The number of hydrogen-bond acceptors (Lipinski definition) is 4. The first-order valence-corrected chi connectivity index (χ1v) is 20.3. The minimum absolute atomic E-state index is 0.573. The normalized spacial score (nSPS) is 12.9. The highest BCUT2D eigenvalue weighted by atomic mass is 32.2. The lowest BCUT2D eigenvalue weighted by Crippen LogP contribution is -2.32. The van der Waals surface area contributed by atoms with Crippen LogP contribution in [0.2, 0.25) is 0 Å². The maximum Gasteiger partial charge on any atom is 0.160 e. The van der Waals surface area contributed by atoms with Crippen LogP contribution in [0.25, 0.3) is 67.3 Å². The first kappa shape index (κ1) is 34.0. The van der Waals surface area contributed by atoms with Crippen LogP contribution in [-0.2, 0) is 5.41 Å². The fourth-order valence-corrected chi connectivity index (χ4v) is 10.2. The van der Waals surface area contributed by atoms with Gasteiger partial charge in [-0.25, -0.2) is 9.97 Å². The summed E-state index contributed by atoms with van der Waals surface area (Å²) in [6.45, 7) is 0. The van der Waals surface area contributed by atoms with Gasteiger partial charge in [0.25, 0.3) is 0 Å². The number of nitrogens with zero attached hydrogens (tertiary/aromatic N) is 3. The van der Waals surface area contributed by atoms with Crippen LogP contribution in [-0.4, -0.2) is 9.97 Å². The summed E-state index contributed by atoms with van der Waals surface area (Å²) in [6, 6.07) is 73.3. The van der Waals surface area contributed by atoms with Gasteiger partial charge < -0.3 is 0 Å². The summed E-state index contributed by atoms with van der Waals surface area (Å²) in [7, 11) is 0. The molecular formula is C54H33N3S. The summed E-state index contributed by atoms with van der Waals surface area (Å²) in [5.41, 5.74) is 17.0. The molecule has 1 spiro atoms. The van der Waals surface area contributed by atoms with Crippen LogP contribution >= 0.6 is 11.8 Å². The average molecular weight is 756 g/mol. The molecule has 0 unspecified atom stereocenters. The van der Waals surface area contributed by atoms with Gasteiger partial charge in [-0.05, 0) is 92.0 Å². The lowest BCUT2D eigenvalue weighted by atomic mass is 9.67. The fraction of sp³-hybridized carbons (Fsp3) is 0.0185. The molecule has 0 atom stereocenters. The Morgan fingerprint density at radius 2 is 0.914 bits per heavy atom. The Hall–Kier alpha value is -7.32. The summed E-state index contributed by atoms with van der Waals surface area (Å²) in [5.74, 6) is 0.694. The molecule has 11 rings (SSSR count). The smallest absolute Gasteiger partial charge is 0.160 e. The summed E-state index contributed by atoms with van der Waals surface area (Å²) < 4.78 is 0. The Morgan fingerprint density at radius 1 is 0.397 bits per heavy atom. The summed E-state index contributed by atoms with van der Waals surface area (Å²) in [4.78, 5) is 13.1. The van der Waals surface area contributed by atoms with Gasteiger partial charge in [-0.15, -0.1) is 0 Å². The molecule has 1 aliphatic carbocycles. The second-order valence-corrected chi connectivity index (χ2v) is 15.9. The molecule has 2 heterocycles. The molecule has 0 saturated heterocycles. The highest BCUT2D eigenvalue weighted by Gasteiger charge is 2.51. The summed E-state index contributed by atoms with van der Waals surface area (Å²) in [5, 5.41) is 9.33. The van der Waals surface area contributed by atoms with E-state index in [-0.39, 0.29) is 0 Å². The van der Waals surface area contributed by atoms with Gasteiger partial charge in [0.05, 0.1) is 28.4 Å². The molecule has 0 amide bonds. The predicted molar refractivity (Wildman–Crippen MR) is 235 cm³/mol. The zero-order chi connectivity index (χ0) is 38.6. The van der Waals surface area contributed by atoms with Gasteiger partial charge in [-0.3, -0.25) is 0 Å². The van der Waals surface area contributed by atoms with Gasteiger partial charge >= 0.3 is 0 Å². The minimum Gasteiger partial charge on any atom is -0.228 e. The van der Waals surface area contributed by atoms with Crippen molar-refractivity contribution < 1.29 is 0 Å². The Kier molecular flexibility index (Phi) is 8.03. The highest BCUT2D eigenvalue weighted by Crippen LogP contribution is 2.63. The molecule has 0 fully saturated rings. The van der Waals surface area contributed by atoms with Crippen molar-refractivity contribution in [2.24, 2.45) is 0 Å². The van der Waals surface area contributed by atoms with Crippen molar-refractivity contribution in [2.75, 3.05) is 0 Å². The highest BCUT2D eigenvalue weighted by molar-refractivity contribution is 7.99. The van der Waals surface area contributed by atoms with Crippen LogP contribution in [0.3, 0.4) is 0 Å². The monoisotopic (exact) mass is 755 g/mol. The number of rotatable bonds is 5. The summed E-state index contributed by atoms with van der Waals surface area (Å²) >= 11 is 1.85. The van der Waals surface area contributed by atoms with Crippen molar-refractivity contribution in [2.45, 2.75) is 15.2 Å². The Labute approximate surface area is 342 Å². The maximum absolute atomic E-state index is 9.33. The topological polar surface area (TPSA) is 49.6 Å². The van der Waals surface area contributed by atoms with Crippen LogP contribution in [0.4, 0.5) is 0 Å². The van der Waals surface area contributed by atoms with E-state index < -0.39 is 5.41 Å². The van der Waals surface area contributed by atoms with E-state index in [1.165, 1.54) is 48.7 Å². The molecule has 9 aromatic rings. The zero-order valence-electron chi connectivity index (χ0n) is 31.3. The van der Waals surface area contributed by atoms with Gasteiger partial charge in [0, 0.05) is 26.5 Å². The van der Waals surface area contributed by atoms with Crippen LogP contribution < -0.4 is 0 Å². The van der Waals surface area contributed by atoms with Gasteiger partial charge in [-0.1, -0.05) is 176 Å². The minimum atomic E-state index is -0.573. The molecule has 0 bridgehead atoms. The molecule has 4 heteroatoms. The van der Waals surface area contributed by atoms with Crippen molar-refractivity contribution in [1.82, 2.24) is 9.97 Å². The average Bonchev–Trinajstić information content (AvgIpc) is 3.59. The molecule has 8 aromatic carbocycles. The van der Waals surface area contributed by atoms with Crippen LogP contribution in [0.5, 0.6) is 0 Å². The van der Waals surface area contributed by atoms with Crippen molar-refractivity contribution in [3.8, 4) is 73.4 Å². The molecule has 270 valence electrons. The number of fused-ring (bicyclic) bond motifs is 9. The van der Waals surface area contributed by atoms with E-state index in [9.17, 15) is 5.26 Å². The molecule has 3 nitrogen and oxygen atoms in total.